The number of nitrogens with one attached hydrogen (secondary N) is 1. The second-order valence-corrected chi connectivity index (χ2v) is 11.9. The standard InChI is InChI=1S/C21H22ClN3O3S3/c1-24(2)31(27,28)19-12-14(5-6-16(19)22)23-20(26)13-25-9-7-17-15(8-11-30-17)21(25)18-4-3-10-29-18/h3-6,8,10-12,21H,7,9,13H2,1-2H3,(H,23,26)/t21-/m1/s1. The molecule has 0 saturated carbocycles. The van der Waals surface area contributed by atoms with Crippen molar-refractivity contribution in [3.63, 3.8) is 0 Å². The monoisotopic (exact) mass is 495 g/mol. The normalized spacial score (nSPS) is 17.0. The smallest absolute Gasteiger partial charge is 0.244 e. The van der Waals surface area contributed by atoms with E-state index in [4.69, 9.17) is 11.6 Å². The number of hydrogen-bond acceptors (Lipinski definition) is 6. The van der Waals surface area contributed by atoms with E-state index in [0.717, 1.165) is 17.3 Å². The van der Waals surface area contributed by atoms with Gasteiger partial charge in [0, 0.05) is 36.1 Å². The fourth-order valence-corrected chi connectivity index (χ4v) is 6.85. The molecule has 31 heavy (non-hydrogen) atoms. The molecule has 1 aliphatic heterocycles. The van der Waals surface area contributed by atoms with Gasteiger partial charge in [-0.05, 0) is 53.1 Å². The summed E-state index contributed by atoms with van der Waals surface area (Å²) in [6, 6.07) is 10.8. The Balaban J connectivity index is 1.54. The molecule has 1 amide bonds. The van der Waals surface area contributed by atoms with Crippen LogP contribution >= 0.6 is 34.3 Å². The molecule has 1 atom stereocenters. The van der Waals surface area contributed by atoms with E-state index in [1.54, 1.807) is 28.7 Å². The van der Waals surface area contributed by atoms with E-state index in [2.05, 4.69) is 33.1 Å². The number of sulfonamides is 1. The highest BCUT2D eigenvalue weighted by atomic mass is 35.5. The van der Waals surface area contributed by atoms with Crippen molar-refractivity contribution in [3.05, 3.63) is 67.5 Å². The van der Waals surface area contributed by atoms with Gasteiger partial charge in [-0.3, -0.25) is 9.69 Å². The van der Waals surface area contributed by atoms with Gasteiger partial charge in [0.1, 0.15) is 4.90 Å². The Hall–Kier alpha value is -1.75. The zero-order chi connectivity index (χ0) is 22.2. The Kier molecular flexibility index (Phi) is 6.52. The number of fused-ring (bicyclic) bond motifs is 1. The third-order valence-corrected chi connectivity index (χ3v) is 9.42. The summed E-state index contributed by atoms with van der Waals surface area (Å²) in [5.41, 5.74) is 1.66. The lowest BCUT2D eigenvalue weighted by molar-refractivity contribution is -0.117. The van der Waals surface area contributed by atoms with Crippen LogP contribution in [0.5, 0.6) is 0 Å². The average Bonchev–Trinajstić information content (AvgIpc) is 3.41. The Morgan fingerprint density at radius 2 is 2.03 bits per heavy atom. The van der Waals surface area contributed by atoms with Gasteiger partial charge in [-0.1, -0.05) is 17.7 Å². The molecule has 0 bridgehead atoms. The lowest BCUT2D eigenvalue weighted by Gasteiger charge is -2.34. The molecule has 2 aromatic heterocycles. The molecule has 0 fully saturated rings. The van der Waals surface area contributed by atoms with E-state index in [1.165, 1.54) is 41.5 Å². The number of nitrogens with zero attached hydrogens (tertiary/aromatic N) is 2. The molecule has 164 valence electrons. The summed E-state index contributed by atoms with van der Waals surface area (Å²) in [7, 11) is -0.834. The average molecular weight is 496 g/mol. The first-order valence-electron chi connectivity index (χ1n) is 9.63. The van der Waals surface area contributed by atoms with E-state index in [-0.39, 0.29) is 28.4 Å². The first-order chi connectivity index (χ1) is 14.8. The molecule has 4 rings (SSSR count). The molecule has 0 radical (unpaired) electrons. The third-order valence-electron chi connectivity index (χ3n) is 5.20. The predicted octanol–water partition coefficient (Wildman–Crippen LogP) is 4.30. The maximum absolute atomic E-state index is 12.9. The second-order valence-electron chi connectivity index (χ2n) is 7.42. The van der Waals surface area contributed by atoms with Gasteiger partial charge in [0.25, 0.3) is 0 Å². The quantitative estimate of drug-likeness (QED) is 0.553. The van der Waals surface area contributed by atoms with Crippen LogP contribution in [0.4, 0.5) is 5.69 Å². The Labute approximate surface area is 195 Å². The lowest BCUT2D eigenvalue weighted by Crippen LogP contribution is -2.40. The zero-order valence-electron chi connectivity index (χ0n) is 17.0. The first kappa shape index (κ1) is 22.4. The number of carbonyl (C=O) groups is 1. The van der Waals surface area contributed by atoms with E-state index in [9.17, 15) is 13.2 Å². The van der Waals surface area contributed by atoms with Gasteiger partial charge in [0.05, 0.1) is 17.6 Å². The second kappa shape index (κ2) is 9.01. The molecule has 1 aromatic carbocycles. The van der Waals surface area contributed by atoms with Crippen molar-refractivity contribution in [2.75, 3.05) is 32.5 Å². The molecule has 0 aliphatic carbocycles. The van der Waals surface area contributed by atoms with Crippen LogP contribution in [0.15, 0.2) is 52.1 Å². The summed E-state index contributed by atoms with van der Waals surface area (Å²) in [6.45, 7) is 0.987. The maximum Gasteiger partial charge on any atom is 0.244 e. The molecule has 3 heterocycles. The van der Waals surface area contributed by atoms with Crippen LogP contribution in [-0.4, -0.2) is 50.7 Å². The lowest BCUT2D eigenvalue weighted by atomic mass is 9.98. The molecule has 6 nitrogen and oxygen atoms in total. The van der Waals surface area contributed by atoms with Gasteiger partial charge >= 0.3 is 0 Å². The summed E-state index contributed by atoms with van der Waals surface area (Å²) in [5.74, 6) is -0.198. The van der Waals surface area contributed by atoms with Gasteiger partial charge in [-0.15, -0.1) is 22.7 Å². The van der Waals surface area contributed by atoms with Crippen LogP contribution in [0.3, 0.4) is 0 Å². The largest absolute Gasteiger partial charge is 0.325 e. The summed E-state index contributed by atoms with van der Waals surface area (Å²) in [6.07, 6.45) is 0.911. The molecule has 0 unspecified atom stereocenters. The molecule has 1 aliphatic rings. The molecular formula is C21H22ClN3O3S3. The number of rotatable bonds is 6. The highest BCUT2D eigenvalue weighted by molar-refractivity contribution is 7.89. The number of carbonyl (C=O) groups excluding carboxylic acids is 1. The van der Waals surface area contributed by atoms with Crippen LogP contribution in [0.1, 0.15) is 21.4 Å². The van der Waals surface area contributed by atoms with Crippen molar-refractivity contribution in [1.82, 2.24) is 9.21 Å². The van der Waals surface area contributed by atoms with Crippen LogP contribution in [0.25, 0.3) is 0 Å². The number of hydrogen-bond donors (Lipinski definition) is 1. The van der Waals surface area contributed by atoms with Crippen LogP contribution in [0.2, 0.25) is 5.02 Å². The van der Waals surface area contributed by atoms with E-state index >= 15 is 0 Å². The van der Waals surface area contributed by atoms with Gasteiger partial charge in [0.2, 0.25) is 15.9 Å². The topological polar surface area (TPSA) is 69.7 Å². The van der Waals surface area contributed by atoms with Crippen LogP contribution < -0.4 is 5.32 Å². The zero-order valence-corrected chi connectivity index (χ0v) is 20.2. The highest BCUT2D eigenvalue weighted by Crippen LogP contribution is 2.39. The molecule has 10 heteroatoms. The minimum atomic E-state index is -3.72. The summed E-state index contributed by atoms with van der Waals surface area (Å²) in [5, 5.41) is 7.11. The minimum Gasteiger partial charge on any atom is -0.325 e. The van der Waals surface area contributed by atoms with Gasteiger partial charge in [-0.2, -0.15) is 0 Å². The van der Waals surface area contributed by atoms with Crippen molar-refractivity contribution >= 4 is 55.9 Å². The molecular weight excluding hydrogens is 474 g/mol. The van der Waals surface area contributed by atoms with Crippen molar-refractivity contribution in [2.45, 2.75) is 17.4 Å². The minimum absolute atomic E-state index is 0.0330. The summed E-state index contributed by atoms with van der Waals surface area (Å²) >= 11 is 9.55. The number of amides is 1. The van der Waals surface area contributed by atoms with E-state index in [1.807, 2.05) is 6.07 Å². The van der Waals surface area contributed by atoms with Crippen LogP contribution in [-0.2, 0) is 21.2 Å². The highest BCUT2D eigenvalue weighted by Gasteiger charge is 2.31. The van der Waals surface area contributed by atoms with Gasteiger partial charge in [-0.25, -0.2) is 12.7 Å². The Morgan fingerprint density at radius 3 is 2.74 bits per heavy atom. The van der Waals surface area contributed by atoms with E-state index < -0.39 is 10.0 Å². The number of halogens is 1. The number of benzene rings is 1. The SMILES string of the molecule is CN(C)S(=O)(=O)c1cc(NC(=O)CN2CCc3sccc3[C@@H]2c2cccs2)ccc1Cl. The van der Waals surface area contributed by atoms with Gasteiger partial charge < -0.3 is 5.32 Å². The summed E-state index contributed by atoms with van der Waals surface area (Å²) in [4.78, 5) is 17.6. The third kappa shape index (κ3) is 4.57. The molecule has 1 N–H and O–H groups in total. The molecule has 3 aromatic rings. The first-order valence-corrected chi connectivity index (χ1v) is 13.2. The van der Waals surface area contributed by atoms with Crippen LogP contribution in [0, 0.1) is 0 Å². The Morgan fingerprint density at radius 1 is 1.23 bits per heavy atom. The van der Waals surface area contributed by atoms with Crippen molar-refractivity contribution in [3.8, 4) is 0 Å². The number of thiophene rings is 2. The van der Waals surface area contributed by atoms with Crippen molar-refractivity contribution in [1.29, 1.82) is 0 Å². The maximum atomic E-state index is 12.9. The van der Waals surface area contributed by atoms with Crippen molar-refractivity contribution in [2.24, 2.45) is 0 Å². The van der Waals surface area contributed by atoms with Gasteiger partial charge in [0.15, 0.2) is 0 Å². The van der Waals surface area contributed by atoms with Crippen molar-refractivity contribution < 1.29 is 13.2 Å². The summed E-state index contributed by atoms with van der Waals surface area (Å²) < 4.78 is 26.1. The number of anilines is 1. The Bertz CT molecular complexity index is 1190. The van der Waals surface area contributed by atoms with E-state index in [0.29, 0.717) is 5.69 Å². The fourth-order valence-electron chi connectivity index (χ4n) is 3.68. The fraction of sp³-hybridized carbons (Fsp3) is 0.286. The molecule has 0 saturated heterocycles. The molecule has 0 spiro atoms. The predicted molar refractivity (Wildman–Crippen MR) is 127 cm³/mol.